The Balaban J connectivity index is 2.05. The Morgan fingerprint density at radius 2 is 1.50 bits per heavy atom. The molecule has 0 unspecified atom stereocenters. The maximum Gasteiger partial charge on any atom is 0.154 e. The van der Waals surface area contributed by atoms with Gasteiger partial charge < -0.3 is 4.42 Å². The molecular formula is C18H10OS. The zero-order valence-electron chi connectivity index (χ0n) is 10.6. The van der Waals surface area contributed by atoms with Crippen molar-refractivity contribution < 1.29 is 4.42 Å². The molecule has 0 saturated heterocycles. The second-order valence-corrected chi connectivity index (χ2v) is 6.11. The van der Waals surface area contributed by atoms with E-state index in [-0.39, 0.29) is 0 Å². The molecule has 0 amide bonds. The molecule has 0 aliphatic carbocycles. The van der Waals surface area contributed by atoms with E-state index in [1.54, 1.807) is 0 Å². The van der Waals surface area contributed by atoms with E-state index in [0.29, 0.717) is 0 Å². The van der Waals surface area contributed by atoms with Crippen LogP contribution in [0.3, 0.4) is 0 Å². The normalized spacial score (nSPS) is 12.0. The fourth-order valence-electron chi connectivity index (χ4n) is 2.89. The molecule has 0 bridgehead atoms. The molecule has 2 aromatic heterocycles. The van der Waals surface area contributed by atoms with Gasteiger partial charge in [-0.05, 0) is 35.0 Å². The van der Waals surface area contributed by atoms with Gasteiger partial charge in [0.05, 0.1) is 4.70 Å². The van der Waals surface area contributed by atoms with Gasteiger partial charge in [0.2, 0.25) is 0 Å². The van der Waals surface area contributed by atoms with Crippen LogP contribution in [0.5, 0.6) is 0 Å². The van der Waals surface area contributed by atoms with Crippen LogP contribution in [0.15, 0.2) is 65.1 Å². The Labute approximate surface area is 119 Å². The Bertz CT molecular complexity index is 1090. The van der Waals surface area contributed by atoms with Crippen LogP contribution < -0.4 is 0 Å². The molecule has 0 aliphatic heterocycles. The van der Waals surface area contributed by atoms with Crippen LogP contribution in [0.2, 0.25) is 0 Å². The molecule has 94 valence electrons. The van der Waals surface area contributed by atoms with Gasteiger partial charge in [-0.2, -0.15) is 0 Å². The fraction of sp³-hybridized carbons (Fsp3) is 0. The molecule has 5 aromatic rings. The van der Waals surface area contributed by atoms with Gasteiger partial charge in [-0.25, -0.2) is 0 Å². The molecule has 0 fully saturated rings. The van der Waals surface area contributed by atoms with Crippen LogP contribution in [-0.2, 0) is 0 Å². The summed E-state index contributed by atoms with van der Waals surface area (Å²) >= 11 is 1.82. The van der Waals surface area contributed by atoms with Crippen molar-refractivity contribution in [2.24, 2.45) is 0 Å². The highest BCUT2D eigenvalue weighted by Crippen LogP contribution is 2.41. The minimum Gasteiger partial charge on any atom is -0.454 e. The second kappa shape index (κ2) is 3.62. The number of hydrogen-bond donors (Lipinski definition) is 0. The smallest absolute Gasteiger partial charge is 0.154 e. The first-order valence-electron chi connectivity index (χ1n) is 6.63. The molecule has 0 atom stereocenters. The first-order valence-corrected chi connectivity index (χ1v) is 7.44. The van der Waals surface area contributed by atoms with Crippen molar-refractivity contribution in [3.05, 3.63) is 60.7 Å². The summed E-state index contributed by atoms with van der Waals surface area (Å²) in [5.41, 5.74) is 2.00. The predicted octanol–water partition coefficient (Wildman–Crippen LogP) is 5.95. The fourth-order valence-corrected chi connectivity index (χ4v) is 4.08. The molecule has 20 heavy (non-hydrogen) atoms. The van der Waals surface area contributed by atoms with Crippen molar-refractivity contribution >= 4 is 53.4 Å². The lowest BCUT2D eigenvalue weighted by atomic mass is 10.1. The van der Waals surface area contributed by atoms with Crippen molar-refractivity contribution in [1.82, 2.24) is 0 Å². The van der Waals surface area contributed by atoms with Gasteiger partial charge in [0.25, 0.3) is 0 Å². The SMILES string of the molecule is c1ccc2cc3c(cc2c1)sc1c2ccccc2oc31. The minimum atomic E-state index is 0.976. The summed E-state index contributed by atoms with van der Waals surface area (Å²) in [5.74, 6) is 0. The molecule has 0 spiro atoms. The summed E-state index contributed by atoms with van der Waals surface area (Å²) in [6.07, 6.45) is 0. The molecule has 1 nitrogen and oxygen atoms in total. The zero-order valence-corrected chi connectivity index (χ0v) is 11.4. The van der Waals surface area contributed by atoms with Crippen molar-refractivity contribution in [1.29, 1.82) is 0 Å². The summed E-state index contributed by atoms with van der Waals surface area (Å²) in [5, 5.41) is 4.99. The standard InChI is InChI=1S/C18H10OS/c1-2-6-12-10-16-14(9-11(12)5-1)17-18(20-16)13-7-3-4-8-15(13)19-17/h1-10H. The number of thiophene rings is 1. The van der Waals surface area contributed by atoms with Crippen LogP contribution in [0.1, 0.15) is 0 Å². The Hall–Kier alpha value is -2.32. The zero-order chi connectivity index (χ0) is 13.1. The van der Waals surface area contributed by atoms with Gasteiger partial charge in [0.15, 0.2) is 5.58 Å². The summed E-state index contributed by atoms with van der Waals surface area (Å²) in [7, 11) is 0. The van der Waals surface area contributed by atoms with E-state index in [1.807, 2.05) is 23.5 Å². The number of para-hydroxylation sites is 1. The van der Waals surface area contributed by atoms with E-state index >= 15 is 0 Å². The Kier molecular flexibility index (Phi) is 1.89. The summed E-state index contributed by atoms with van der Waals surface area (Å²) in [6.45, 7) is 0. The van der Waals surface area contributed by atoms with Crippen LogP contribution >= 0.6 is 11.3 Å². The molecule has 0 N–H and O–H groups in total. The van der Waals surface area contributed by atoms with E-state index < -0.39 is 0 Å². The minimum absolute atomic E-state index is 0.976. The molecule has 0 saturated carbocycles. The van der Waals surface area contributed by atoms with Crippen molar-refractivity contribution in [3.63, 3.8) is 0 Å². The highest BCUT2D eigenvalue weighted by molar-refractivity contribution is 7.26. The van der Waals surface area contributed by atoms with E-state index in [2.05, 4.69) is 48.5 Å². The molecule has 2 heteroatoms. The first-order chi connectivity index (χ1) is 9.90. The van der Waals surface area contributed by atoms with Gasteiger partial charge in [-0.15, -0.1) is 11.3 Å². The highest BCUT2D eigenvalue weighted by atomic mass is 32.1. The van der Waals surface area contributed by atoms with Gasteiger partial charge >= 0.3 is 0 Å². The lowest BCUT2D eigenvalue weighted by Gasteiger charge is -1.97. The average Bonchev–Trinajstić information content (AvgIpc) is 3.01. The van der Waals surface area contributed by atoms with Crippen LogP contribution in [0.25, 0.3) is 42.1 Å². The number of fused-ring (bicyclic) bond motifs is 6. The number of rotatable bonds is 0. The van der Waals surface area contributed by atoms with Crippen molar-refractivity contribution in [2.45, 2.75) is 0 Å². The van der Waals surface area contributed by atoms with Gasteiger partial charge in [0, 0.05) is 15.5 Å². The van der Waals surface area contributed by atoms with Crippen LogP contribution in [-0.4, -0.2) is 0 Å². The summed E-state index contributed by atoms with van der Waals surface area (Å²) < 4.78 is 8.62. The van der Waals surface area contributed by atoms with Crippen LogP contribution in [0, 0.1) is 0 Å². The molecular weight excluding hydrogens is 264 g/mol. The monoisotopic (exact) mass is 274 g/mol. The van der Waals surface area contributed by atoms with E-state index in [1.165, 1.54) is 30.9 Å². The van der Waals surface area contributed by atoms with Crippen LogP contribution in [0.4, 0.5) is 0 Å². The molecule has 2 heterocycles. The largest absolute Gasteiger partial charge is 0.454 e. The number of furan rings is 1. The topological polar surface area (TPSA) is 13.1 Å². The second-order valence-electron chi connectivity index (χ2n) is 5.05. The Morgan fingerprint density at radius 3 is 2.40 bits per heavy atom. The molecule has 5 rings (SSSR count). The molecule has 0 radical (unpaired) electrons. The third kappa shape index (κ3) is 1.27. The molecule has 0 aliphatic rings. The average molecular weight is 274 g/mol. The van der Waals surface area contributed by atoms with E-state index in [4.69, 9.17) is 4.42 Å². The van der Waals surface area contributed by atoms with Crippen molar-refractivity contribution in [2.75, 3.05) is 0 Å². The van der Waals surface area contributed by atoms with Gasteiger partial charge in [-0.3, -0.25) is 0 Å². The third-order valence-electron chi connectivity index (χ3n) is 3.85. The van der Waals surface area contributed by atoms with Crippen molar-refractivity contribution in [3.8, 4) is 0 Å². The Morgan fingerprint density at radius 1 is 0.750 bits per heavy atom. The maximum absolute atomic E-state index is 6.07. The summed E-state index contributed by atoms with van der Waals surface area (Å²) in [4.78, 5) is 0. The lowest BCUT2D eigenvalue weighted by molar-refractivity contribution is 0.673. The predicted molar refractivity (Wildman–Crippen MR) is 86.6 cm³/mol. The summed E-state index contributed by atoms with van der Waals surface area (Å²) in [6, 6.07) is 21.2. The molecule has 3 aromatic carbocycles. The number of hydrogen-bond acceptors (Lipinski definition) is 2. The highest BCUT2D eigenvalue weighted by Gasteiger charge is 2.13. The lowest BCUT2D eigenvalue weighted by Crippen LogP contribution is -1.70. The maximum atomic E-state index is 6.07. The quantitative estimate of drug-likeness (QED) is 0.340. The van der Waals surface area contributed by atoms with E-state index in [9.17, 15) is 0 Å². The van der Waals surface area contributed by atoms with Gasteiger partial charge in [0.1, 0.15) is 5.58 Å². The third-order valence-corrected chi connectivity index (χ3v) is 5.02. The van der Waals surface area contributed by atoms with Gasteiger partial charge in [-0.1, -0.05) is 36.4 Å². The number of benzene rings is 3. The van der Waals surface area contributed by atoms with E-state index in [0.717, 1.165) is 11.2 Å². The first kappa shape index (κ1) is 10.5.